The molecule has 0 aliphatic carbocycles. The molecule has 1 saturated heterocycles. The van der Waals surface area contributed by atoms with Gasteiger partial charge in [0.2, 0.25) is 0 Å². The van der Waals surface area contributed by atoms with Crippen molar-refractivity contribution in [3.8, 4) is 0 Å². The van der Waals surface area contributed by atoms with E-state index in [1.54, 1.807) is 23.4 Å². The summed E-state index contributed by atoms with van der Waals surface area (Å²) in [5, 5.41) is 10.9. The molecule has 7 nitrogen and oxygen atoms in total. The van der Waals surface area contributed by atoms with Crippen molar-refractivity contribution in [1.29, 1.82) is 0 Å². The molecule has 1 aromatic heterocycles. The topological polar surface area (TPSA) is 95.6 Å². The Labute approximate surface area is 193 Å². The lowest BCUT2D eigenvalue weighted by molar-refractivity contribution is 0.0593. The van der Waals surface area contributed by atoms with Crippen molar-refractivity contribution in [2.45, 2.75) is 56.0 Å². The van der Waals surface area contributed by atoms with E-state index < -0.39 is 11.6 Å². The van der Waals surface area contributed by atoms with Crippen molar-refractivity contribution in [1.82, 2.24) is 14.9 Å². The van der Waals surface area contributed by atoms with Gasteiger partial charge in [-0.15, -0.1) is 0 Å². The molecule has 1 aliphatic rings. The first kappa shape index (κ1) is 23.5. The van der Waals surface area contributed by atoms with Crippen LogP contribution in [-0.2, 0) is 0 Å². The monoisotopic (exact) mass is 463 g/mol. The van der Waals surface area contributed by atoms with Gasteiger partial charge in [-0.1, -0.05) is 36.4 Å². The second kappa shape index (κ2) is 9.12. The van der Waals surface area contributed by atoms with Gasteiger partial charge < -0.3 is 20.6 Å². The van der Waals surface area contributed by atoms with Crippen LogP contribution in [0.5, 0.6) is 0 Å². The van der Waals surface area contributed by atoms with Gasteiger partial charge >= 0.3 is 6.09 Å². The summed E-state index contributed by atoms with van der Waals surface area (Å²) in [6, 6.07) is 5.53. The van der Waals surface area contributed by atoms with Crippen molar-refractivity contribution >= 4 is 41.0 Å². The molecule has 1 fully saturated rings. The molecule has 1 aromatic carbocycles. The number of rotatable bonds is 5. The maximum atomic E-state index is 11.7. The minimum atomic E-state index is -0.865. The Hall–Kier alpha value is -2.19. The highest BCUT2D eigenvalue weighted by Crippen LogP contribution is 2.37. The number of piperidine rings is 1. The van der Waals surface area contributed by atoms with Crippen molar-refractivity contribution in [3.63, 3.8) is 0 Å². The average molecular weight is 464 g/mol. The number of nitrogens with zero attached hydrogens (tertiary/aromatic N) is 4. The van der Waals surface area contributed by atoms with Gasteiger partial charge in [-0.05, 0) is 51.2 Å². The number of amides is 1. The molecule has 0 bridgehead atoms. The van der Waals surface area contributed by atoms with Crippen molar-refractivity contribution < 1.29 is 9.90 Å². The zero-order chi connectivity index (χ0) is 22.8. The SMILES string of the molecule is CC1(CN(C(=O)O)C(C)(C)C)CCN(c2cnc(Sc3cccc(N)c3Cl)cn2)CC1. The molecule has 3 rings (SSSR count). The summed E-state index contributed by atoms with van der Waals surface area (Å²) in [5.41, 5.74) is 5.93. The Morgan fingerprint density at radius 3 is 2.52 bits per heavy atom. The number of nitrogen functional groups attached to an aromatic ring is 1. The molecule has 0 radical (unpaired) electrons. The number of hydrogen-bond donors (Lipinski definition) is 2. The van der Waals surface area contributed by atoms with Gasteiger partial charge in [0.05, 0.1) is 23.1 Å². The predicted octanol–water partition coefficient (Wildman–Crippen LogP) is 5.25. The van der Waals surface area contributed by atoms with Gasteiger partial charge in [-0.2, -0.15) is 0 Å². The number of benzene rings is 1. The highest BCUT2D eigenvalue weighted by molar-refractivity contribution is 7.99. The molecule has 31 heavy (non-hydrogen) atoms. The molecular weight excluding hydrogens is 434 g/mol. The minimum absolute atomic E-state index is 0.0601. The molecule has 2 aromatic rings. The first-order valence-electron chi connectivity index (χ1n) is 10.3. The summed E-state index contributed by atoms with van der Waals surface area (Å²) in [7, 11) is 0. The highest BCUT2D eigenvalue weighted by Gasteiger charge is 2.37. The van der Waals surface area contributed by atoms with Gasteiger partial charge in [-0.25, -0.2) is 14.8 Å². The third-order valence-electron chi connectivity index (χ3n) is 5.70. The summed E-state index contributed by atoms with van der Waals surface area (Å²) >= 11 is 7.69. The standard InChI is InChI=1S/C22H30ClN5O2S/c1-21(2,3)28(20(29)30)14-22(4)8-10-27(11-9-22)17-12-26-18(13-25-17)31-16-7-5-6-15(24)19(16)23/h5-7,12-13H,8-11,14,24H2,1-4H3,(H,29,30). The lowest BCUT2D eigenvalue weighted by Gasteiger charge is -2.45. The number of hydrogen-bond acceptors (Lipinski definition) is 6. The number of halogens is 1. The van der Waals surface area contributed by atoms with Crippen LogP contribution in [0.3, 0.4) is 0 Å². The summed E-state index contributed by atoms with van der Waals surface area (Å²) in [5.74, 6) is 0.830. The van der Waals surface area contributed by atoms with Gasteiger partial charge in [0.1, 0.15) is 10.8 Å². The van der Waals surface area contributed by atoms with Gasteiger partial charge in [0.25, 0.3) is 0 Å². The zero-order valence-corrected chi connectivity index (χ0v) is 20.0. The van der Waals surface area contributed by atoms with E-state index in [2.05, 4.69) is 21.8 Å². The van der Waals surface area contributed by atoms with E-state index in [9.17, 15) is 9.90 Å². The number of carbonyl (C=O) groups is 1. The van der Waals surface area contributed by atoms with E-state index in [-0.39, 0.29) is 5.41 Å². The molecule has 0 atom stereocenters. The van der Waals surface area contributed by atoms with Crippen LogP contribution < -0.4 is 10.6 Å². The number of anilines is 2. The summed E-state index contributed by atoms with van der Waals surface area (Å²) in [6.07, 6.45) is 4.45. The second-order valence-electron chi connectivity index (χ2n) is 9.31. The Morgan fingerprint density at radius 2 is 1.97 bits per heavy atom. The molecule has 168 valence electrons. The fraction of sp³-hybridized carbons (Fsp3) is 0.500. The lowest BCUT2D eigenvalue weighted by Crippen LogP contribution is -2.52. The van der Waals surface area contributed by atoms with Crippen LogP contribution in [0.1, 0.15) is 40.5 Å². The first-order chi connectivity index (χ1) is 14.5. The molecule has 0 spiro atoms. The molecule has 2 heterocycles. The maximum absolute atomic E-state index is 11.7. The Kier molecular flexibility index (Phi) is 6.91. The lowest BCUT2D eigenvalue weighted by atomic mass is 9.79. The van der Waals surface area contributed by atoms with Crippen LogP contribution in [0.15, 0.2) is 40.5 Å². The molecule has 0 saturated carbocycles. The molecule has 3 N–H and O–H groups in total. The summed E-state index contributed by atoms with van der Waals surface area (Å²) < 4.78 is 0. The fourth-order valence-corrected chi connectivity index (χ4v) is 4.68. The van der Waals surface area contributed by atoms with Crippen molar-refractivity contribution in [2.75, 3.05) is 30.3 Å². The van der Waals surface area contributed by atoms with Crippen LogP contribution in [-0.4, -0.2) is 51.2 Å². The third-order valence-corrected chi connectivity index (χ3v) is 7.21. The van der Waals surface area contributed by atoms with Gasteiger partial charge in [-0.3, -0.25) is 0 Å². The quantitative estimate of drug-likeness (QED) is 0.584. The summed E-state index contributed by atoms with van der Waals surface area (Å²) in [6.45, 7) is 10.1. The normalized spacial score (nSPS) is 16.2. The number of carboxylic acid groups (broad SMARTS) is 1. The predicted molar refractivity (Wildman–Crippen MR) is 126 cm³/mol. The first-order valence-corrected chi connectivity index (χ1v) is 11.5. The third kappa shape index (κ3) is 5.74. The molecule has 9 heteroatoms. The molecular formula is C22H30ClN5O2S. The largest absolute Gasteiger partial charge is 0.465 e. The Morgan fingerprint density at radius 1 is 1.29 bits per heavy atom. The van der Waals surface area contributed by atoms with E-state index in [0.29, 0.717) is 17.3 Å². The van der Waals surface area contributed by atoms with Crippen LogP contribution in [0.4, 0.5) is 16.3 Å². The van der Waals surface area contributed by atoms with Gasteiger partial charge in [0.15, 0.2) is 0 Å². The number of aromatic nitrogens is 2. The second-order valence-corrected chi connectivity index (χ2v) is 10.8. The van der Waals surface area contributed by atoms with Crippen LogP contribution >= 0.6 is 23.4 Å². The zero-order valence-electron chi connectivity index (χ0n) is 18.4. The minimum Gasteiger partial charge on any atom is -0.465 e. The Balaban J connectivity index is 1.62. The maximum Gasteiger partial charge on any atom is 0.407 e. The average Bonchev–Trinajstić information content (AvgIpc) is 2.70. The Bertz CT molecular complexity index is 924. The van der Waals surface area contributed by atoms with Crippen molar-refractivity contribution in [3.05, 3.63) is 35.6 Å². The fourth-order valence-electron chi connectivity index (χ4n) is 3.65. The number of nitrogens with two attached hydrogens (primary N) is 1. The summed E-state index contributed by atoms with van der Waals surface area (Å²) in [4.78, 5) is 25.5. The highest BCUT2D eigenvalue weighted by atomic mass is 35.5. The van der Waals surface area contributed by atoms with Crippen molar-refractivity contribution in [2.24, 2.45) is 5.41 Å². The van der Waals surface area contributed by atoms with Gasteiger partial charge in [0, 0.05) is 30.1 Å². The van der Waals surface area contributed by atoms with E-state index in [1.807, 2.05) is 32.9 Å². The van der Waals surface area contributed by atoms with E-state index >= 15 is 0 Å². The van der Waals surface area contributed by atoms with Crippen LogP contribution in [0.25, 0.3) is 0 Å². The molecule has 1 aliphatic heterocycles. The molecule has 1 amide bonds. The van der Waals surface area contributed by atoms with E-state index in [1.165, 1.54) is 11.8 Å². The van der Waals surface area contributed by atoms with E-state index in [0.717, 1.165) is 41.7 Å². The smallest absolute Gasteiger partial charge is 0.407 e. The van der Waals surface area contributed by atoms with Crippen LogP contribution in [0, 0.1) is 5.41 Å². The van der Waals surface area contributed by atoms with E-state index in [4.69, 9.17) is 17.3 Å². The van der Waals surface area contributed by atoms with Crippen LogP contribution in [0.2, 0.25) is 5.02 Å². The molecule has 0 unspecified atom stereocenters.